The van der Waals surface area contributed by atoms with Crippen LogP contribution in [0.25, 0.3) is 0 Å². The standard InChI is InChI=1S/C11H12BrNO2/c1-7-5-9(12)6-8(2)11(7)13-4-3-10(14)15/h3-6,13H,1-2H3,(H,14,15)/b4-3+. The molecule has 4 heteroatoms. The number of rotatable bonds is 3. The van der Waals surface area contributed by atoms with Crippen LogP contribution in [0.1, 0.15) is 11.1 Å². The van der Waals surface area contributed by atoms with Crippen LogP contribution >= 0.6 is 15.9 Å². The Balaban J connectivity index is 2.90. The lowest BCUT2D eigenvalue weighted by Crippen LogP contribution is -1.96. The largest absolute Gasteiger partial charge is 0.478 e. The predicted molar refractivity (Wildman–Crippen MR) is 64.0 cm³/mol. The molecule has 1 rings (SSSR count). The molecule has 0 aliphatic carbocycles. The third-order valence-corrected chi connectivity index (χ3v) is 2.41. The summed E-state index contributed by atoms with van der Waals surface area (Å²) in [4.78, 5) is 10.3. The molecular formula is C11H12BrNO2. The number of halogens is 1. The van der Waals surface area contributed by atoms with Crippen molar-refractivity contribution in [3.63, 3.8) is 0 Å². The zero-order valence-corrected chi connectivity index (χ0v) is 10.1. The second-order valence-corrected chi connectivity index (χ2v) is 4.15. The SMILES string of the molecule is Cc1cc(Br)cc(C)c1N/C=C/C(=O)O. The van der Waals surface area contributed by atoms with E-state index in [-0.39, 0.29) is 0 Å². The minimum atomic E-state index is -0.963. The molecule has 0 spiro atoms. The van der Waals surface area contributed by atoms with Crippen molar-refractivity contribution in [2.24, 2.45) is 0 Å². The summed E-state index contributed by atoms with van der Waals surface area (Å²) >= 11 is 3.40. The molecule has 0 amide bonds. The van der Waals surface area contributed by atoms with E-state index in [2.05, 4.69) is 21.2 Å². The van der Waals surface area contributed by atoms with Crippen LogP contribution in [0.2, 0.25) is 0 Å². The number of aryl methyl sites for hydroxylation is 2. The van der Waals surface area contributed by atoms with Gasteiger partial charge in [0.25, 0.3) is 0 Å². The van der Waals surface area contributed by atoms with E-state index in [9.17, 15) is 4.79 Å². The van der Waals surface area contributed by atoms with Gasteiger partial charge in [0.2, 0.25) is 0 Å². The molecule has 1 aromatic carbocycles. The van der Waals surface area contributed by atoms with Crippen LogP contribution in [0, 0.1) is 13.8 Å². The Kier molecular flexibility index (Phi) is 3.91. The zero-order chi connectivity index (χ0) is 11.4. The van der Waals surface area contributed by atoms with Gasteiger partial charge in [-0.15, -0.1) is 0 Å². The van der Waals surface area contributed by atoms with E-state index >= 15 is 0 Å². The van der Waals surface area contributed by atoms with Crippen molar-refractivity contribution < 1.29 is 9.90 Å². The summed E-state index contributed by atoms with van der Waals surface area (Å²) in [5.74, 6) is -0.963. The molecule has 15 heavy (non-hydrogen) atoms. The first kappa shape index (κ1) is 11.8. The average Bonchev–Trinajstić information content (AvgIpc) is 2.08. The summed E-state index contributed by atoms with van der Waals surface area (Å²) < 4.78 is 1.02. The van der Waals surface area contributed by atoms with Crippen molar-refractivity contribution in [1.29, 1.82) is 0 Å². The van der Waals surface area contributed by atoms with Gasteiger partial charge in [-0.25, -0.2) is 4.79 Å². The molecule has 0 aliphatic heterocycles. The molecule has 2 N–H and O–H groups in total. The van der Waals surface area contributed by atoms with Gasteiger partial charge < -0.3 is 10.4 Å². The highest BCUT2D eigenvalue weighted by atomic mass is 79.9. The first-order chi connectivity index (χ1) is 7.00. The maximum absolute atomic E-state index is 10.3. The van der Waals surface area contributed by atoms with Crippen LogP contribution in [0.15, 0.2) is 28.9 Å². The topological polar surface area (TPSA) is 49.3 Å². The lowest BCUT2D eigenvalue weighted by Gasteiger charge is -2.09. The molecule has 0 saturated heterocycles. The lowest BCUT2D eigenvalue weighted by atomic mass is 10.1. The highest BCUT2D eigenvalue weighted by Gasteiger charge is 2.01. The number of hydrogen-bond donors (Lipinski definition) is 2. The van der Waals surface area contributed by atoms with Gasteiger partial charge in [0, 0.05) is 22.4 Å². The monoisotopic (exact) mass is 269 g/mol. The molecular weight excluding hydrogens is 258 g/mol. The molecule has 0 radical (unpaired) electrons. The highest BCUT2D eigenvalue weighted by molar-refractivity contribution is 9.10. The molecule has 3 nitrogen and oxygen atoms in total. The van der Waals surface area contributed by atoms with Crippen molar-refractivity contribution >= 4 is 27.6 Å². The van der Waals surface area contributed by atoms with Crippen LogP contribution < -0.4 is 5.32 Å². The van der Waals surface area contributed by atoms with Crippen LogP contribution in [0.4, 0.5) is 5.69 Å². The number of aliphatic carboxylic acids is 1. The number of benzene rings is 1. The summed E-state index contributed by atoms with van der Waals surface area (Å²) in [5, 5.41) is 11.4. The molecule has 0 atom stereocenters. The number of carboxylic acids is 1. The number of nitrogens with one attached hydrogen (secondary N) is 1. The molecule has 0 aromatic heterocycles. The minimum Gasteiger partial charge on any atom is -0.478 e. The summed E-state index contributed by atoms with van der Waals surface area (Å²) in [6.45, 7) is 3.93. The number of hydrogen-bond acceptors (Lipinski definition) is 2. The highest BCUT2D eigenvalue weighted by Crippen LogP contribution is 2.24. The van der Waals surface area contributed by atoms with Crippen molar-refractivity contribution in [3.05, 3.63) is 40.0 Å². The fourth-order valence-electron chi connectivity index (χ4n) is 1.33. The van der Waals surface area contributed by atoms with E-state index in [1.54, 1.807) is 0 Å². The molecule has 0 aliphatic rings. The van der Waals surface area contributed by atoms with Gasteiger partial charge in [0.05, 0.1) is 0 Å². The average molecular weight is 270 g/mol. The molecule has 0 fully saturated rings. The molecule has 0 unspecified atom stereocenters. The van der Waals surface area contributed by atoms with Crippen LogP contribution in [-0.4, -0.2) is 11.1 Å². The maximum Gasteiger partial charge on any atom is 0.329 e. The Morgan fingerprint density at radius 1 is 1.40 bits per heavy atom. The number of anilines is 1. The number of carboxylic acid groups (broad SMARTS) is 1. The van der Waals surface area contributed by atoms with Gasteiger partial charge in [-0.2, -0.15) is 0 Å². The Morgan fingerprint density at radius 3 is 2.40 bits per heavy atom. The van der Waals surface area contributed by atoms with Gasteiger partial charge in [0.15, 0.2) is 0 Å². The fourth-order valence-corrected chi connectivity index (χ4v) is 2.02. The van der Waals surface area contributed by atoms with Gasteiger partial charge in [-0.1, -0.05) is 15.9 Å². The Labute approximate surface area is 96.9 Å². The number of carbonyl (C=O) groups is 1. The summed E-state index contributed by atoms with van der Waals surface area (Å²) in [7, 11) is 0. The summed E-state index contributed by atoms with van der Waals surface area (Å²) in [6.07, 6.45) is 2.49. The second kappa shape index (κ2) is 4.98. The minimum absolute atomic E-state index is 0.940. The Bertz CT molecular complexity index is 390. The van der Waals surface area contributed by atoms with Gasteiger partial charge in [-0.3, -0.25) is 0 Å². The fraction of sp³-hybridized carbons (Fsp3) is 0.182. The van der Waals surface area contributed by atoms with Crippen molar-refractivity contribution in [3.8, 4) is 0 Å². The van der Waals surface area contributed by atoms with E-state index in [1.165, 1.54) is 6.20 Å². The zero-order valence-electron chi connectivity index (χ0n) is 8.54. The van der Waals surface area contributed by atoms with Crippen molar-refractivity contribution in [1.82, 2.24) is 0 Å². The van der Waals surface area contributed by atoms with Crippen LogP contribution in [-0.2, 0) is 4.79 Å². The van der Waals surface area contributed by atoms with Crippen LogP contribution in [0.5, 0.6) is 0 Å². The normalized spacial score (nSPS) is 10.6. The van der Waals surface area contributed by atoms with Crippen LogP contribution in [0.3, 0.4) is 0 Å². The van der Waals surface area contributed by atoms with Crippen molar-refractivity contribution in [2.75, 3.05) is 5.32 Å². The summed E-state index contributed by atoms with van der Waals surface area (Å²) in [6, 6.07) is 3.95. The molecule has 0 heterocycles. The van der Waals surface area contributed by atoms with E-state index in [4.69, 9.17) is 5.11 Å². The molecule has 0 bridgehead atoms. The second-order valence-electron chi connectivity index (χ2n) is 3.23. The van der Waals surface area contributed by atoms with Gasteiger partial charge >= 0.3 is 5.97 Å². The van der Waals surface area contributed by atoms with Crippen molar-refractivity contribution in [2.45, 2.75) is 13.8 Å². The maximum atomic E-state index is 10.3. The first-order valence-electron chi connectivity index (χ1n) is 4.43. The smallest absolute Gasteiger partial charge is 0.329 e. The molecule has 1 aromatic rings. The summed E-state index contributed by atoms with van der Waals surface area (Å²) in [5.41, 5.74) is 3.07. The Morgan fingerprint density at radius 2 is 1.93 bits per heavy atom. The lowest BCUT2D eigenvalue weighted by molar-refractivity contribution is -0.131. The molecule has 0 saturated carbocycles. The van der Waals surface area contributed by atoms with E-state index in [0.717, 1.165) is 27.4 Å². The Hall–Kier alpha value is -1.29. The van der Waals surface area contributed by atoms with E-state index < -0.39 is 5.97 Å². The van der Waals surface area contributed by atoms with Gasteiger partial charge in [0.1, 0.15) is 0 Å². The molecule has 80 valence electrons. The third kappa shape index (κ3) is 3.40. The predicted octanol–water partition coefficient (Wildman–Crippen LogP) is 3.08. The third-order valence-electron chi connectivity index (χ3n) is 1.95. The van der Waals surface area contributed by atoms with Gasteiger partial charge in [-0.05, 0) is 37.1 Å². The quantitative estimate of drug-likeness (QED) is 0.830. The van der Waals surface area contributed by atoms with E-state index in [0.29, 0.717) is 0 Å². The first-order valence-corrected chi connectivity index (χ1v) is 5.23. The van der Waals surface area contributed by atoms with E-state index in [1.807, 2.05) is 26.0 Å².